The summed E-state index contributed by atoms with van der Waals surface area (Å²) in [7, 11) is 1.52. The number of carbonyl (C=O) groups is 1. The molecule has 1 aromatic heterocycles. The molecule has 0 saturated heterocycles. The van der Waals surface area contributed by atoms with E-state index in [4.69, 9.17) is 16.2 Å². The molecule has 0 radical (unpaired) electrons. The predicted octanol–water partition coefficient (Wildman–Crippen LogP) is 0.907. The number of rotatable bonds is 5. The second-order valence-electron chi connectivity index (χ2n) is 4.80. The Hall–Kier alpha value is -1.98. The van der Waals surface area contributed by atoms with Crippen molar-refractivity contribution in [3.63, 3.8) is 0 Å². The minimum Gasteiger partial charge on any atom is -0.479 e. The molecule has 1 heterocycles. The zero-order chi connectivity index (χ0) is 13.8. The van der Waals surface area contributed by atoms with E-state index < -0.39 is 0 Å². The highest BCUT2D eigenvalue weighted by molar-refractivity contribution is 5.79. The molecule has 4 N–H and O–H groups in total. The number of carbonyl (C=O) groups excluding carboxylic acids is 1. The van der Waals surface area contributed by atoms with Gasteiger partial charge in [0.2, 0.25) is 11.8 Å². The molecular formula is C13H20N4O2. The Labute approximate surface area is 112 Å². The minimum atomic E-state index is -0.357. The maximum absolute atomic E-state index is 11.3. The quantitative estimate of drug-likeness (QED) is 0.824. The standard InChI is InChI=1S/C13H20N4O2/c1-19-13-10(14)6-7-12(16-13)17(8-11(15)18)9-4-2-3-5-9/h6-7,9H,2-5,8,14H2,1H3,(H2,15,18). The summed E-state index contributed by atoms with van der Waals surface area (Å²) < 4.78 is 5.12. The van der Waals surface area contributed by atoms with Gasteiger partial charge in [-0.2, -0.15) is 4.98 Å². The normalized spacial score (nSPS) is 15.4. The molecule has 1 saturated carbocycles. The van der Waals surface area contributed by atoms with Crippen LogP contribution in [0.4, 0.5) is 11.5 Å². The summed E-state index contributed by atoms with van der Waals surface area (Å²) in [4.78, 5) is 17.6. The molecule has 1 aromatic rings. The molecule has 1 amide bonds. The van der Waals surface area contributed by atoms with Crippen LogP contribution in [-0.2, 0) is 4.79 Å². The average Bonchev–Trinajstić information content (AvgIpc) is 2.90. The zero-order valence-corrected chi connectivity index (χ0v) is 11.1. The van der Waals surface area contributed by atoms with Gasteiger partial charge < -0.3 is 21.1 Å². The first-order valence-corrected chi connectivity index (χ1v) is 6.47. The van der Waals surface area contributed by atoms with E-state index in [1.54, 1.807) is 12.1 Å². The number of amides is 1. The van der Waals surface area contributed by atoms with Crippen LogP contribution in [-0.4, -0.2) is 30.6 Å². The number of primary amides is 1. The van der Waals surface area contributed by atoms with Crippen LogP contribution in [0.5, 0.6) is 5.88 Å². The lowest BCUT2D eigenvalue weighted by molar-refractivity contribution is -0.116. The van der Waals surface area contributed by atoms with Gasteiger partial charge in [0.05, 0.1) is 19.3 Å². The van der Waals surface area contributed by atoms with Gasteiger partial charge in [-0.3, -0.25) is 4.79 Å². The summed E-state index contributed by atoms with van der Waals surface area (Å²) in [6.07, 6.45) is 4.46. The molecule has 2 rings (SSSR count). The number of nitrogens with zero attached hydrogens (tertiary/aromatic N) is 2. The largest absolute Gasteiger partial charge is 0.479 e. The average molecular weight is 264 g/mol. The van der Waals surface area contributed by atoms with Gasteiger partial charge in [-0.25, -0.2) is 0 Å². The smallest absolute Gasteiger partial charge is 0.238 e. The number of pyridine rings is 1. The highest BCUT2D eigenvalue weighted by atomic mass is 16.5. The van der Waals surface area contributed by atoms with Crippen molar-refractivity contribution >= 4 is 17.4 Å². The van der Waals surface area contributed by atoms with Crippen LogP contribution in [0.1, 0.15) is 25.7 Å². The highest BCUT2D eigenvalue weighted by Gasteiger charge is 2.25. The molecule has 0 spiro atoms. The highest BCUT2D eigenvalue weighted by Crippen LogP contribution is 2.29. The number of ether oxygens (including phenoxy) is 1. The number of nitrogens with two attached hydrogens (primary N) is 2. The molecule has 0 aromatic carbocycles. The van der Waals surface area contributed by atoms with Crippen molar-refractivity contribution in [1.82, 2.24) is 4.98 Å². The molecule has 6 heteroatoms. The summed E-state index contributed by atoms with van der Waals surface area (Å²) in [6, 6.07) is 3.86. The van der Waals surface area contributed by atoms with E-state index in [1.165, 1.54) is 20.0 Å². The van der Waals surface area contributed by atoms with Crippen molar-refractivity contribution in [2.75, 3.05) is 24.3 Å². The van der Waals surface area contributed by atoms with Crippen molar-refractivity contribution < 1.29 is 9.53 Å². The second kappa shape index (κ2) is 5.77. The second-order valence-corrected chi connectivity index (χ2v) is 4.80. The first-order chi connectivity index (χ1) is 9.11. The molecule has 1 aliphatic rings. The van der Waals surface area contributed by atoms with Crippen LogP contribution in [0.25, 0.3) is 0 Å². The number of nitrogen functional groups attached to an aromatic ring is 1. The minimum absolute atomic E-state index is 0.171. The molecule has 1 aliphatic carbocycles. The maximum Gasteiger partial charge on any atom is 0.238 e. The molecule has 6 nitrogen and oxygen atoms in total. The Bertz CT molecular complexity index is 458. The summed E-state index contributed by atoms with van der Waals surface area (Å²) in [5.74, 6) is 0.714. The van der Waals surface area contributed by atoms with Crippen LogP contribution >= 0.6 is 0 Å². The van der Waals surface area contributed by atoms with E-state index in [0.717, 1.165) is 12.8 Å². The van der Waals surface area contributed by atoms with E-state index in [9.17, 15) is 4.79 Å². The maximum atomic E-state index is 11.3. The van der Waals surface area contributed by atoms with Gasteiger partial charge in [0.1, 0.15) is 5.82 Å². The van der Waals surface area contributed by atoms with Crippen molar-refractivity contribution in [2.24, 2.45) is 5.73 Å². The van der Waals surface area contributed by atoms with Crippen molar-refractivity contribution in [1.29, 1.82) is 0 Å². The summed E-state index contributed by atoms with van der Waals surface area (Å²) in [6.45, 7) is 0.171. The van der Waals surface area contributed by atoms with Crippen LogP contribution in [0.15, 0.2) is 12.1 Å². The first kappa shape index (κ1) is 13.5. The molecule has 0 aliphatic heterocycles. The number of methoxy groups -OCH3 is 1. The summed E-state index contributed by atoms with van der Waals surface area (Å²) in [5, 5.41) is 0. The SMILES string of the molecule is COc1nc(N(CC(N)=O)C2CCCC2)ccc1N. The van der Waals surface area contributed by atoms with Crippen molar-refractivity contribution in [3.8, 4) is 5.88 Å². The van der Waals surface area contributed by atoms with Gasteiger partial charge in [0.25, 0.3) is 0 Å². The Balaban J connectivity index is 2.28. The molecule has 0 unspecified atom stereocenters. The fourth-order valence-electron chi connectivity index (χ4n) is 2.55. The van der Waals surface area contributed by atoms with Gasteiger partial charge in [-0.05, 0) is 25.0 Å². The lowest BCUT2D eigenvalue weighted by Gasteiger charge is -2.29. The van der Waals surface area contributed by atoms with Crippen LogP contribution < -0.4 is 21.1 Å². The molecular weight excluding hydrogens is 244 g/mol. The van der Waals surface area contributed by atoms with Gasteiger partial charge in [-0.1, -0.05) is 12.8 Å². The van der Waals surface area contributed by atoms with E-state index in [2.05, 4.69) is 4.98 Å². The van der Waals surface area contributed by atoms with Gasteiger partial charge in [0.15, 0.2) is 0 Å². The molecule has 1 fully saturated rings. The third-order valence-electron chi connectivity index (χ3n) is 3.45. The number of hydrogen-bond acceptors (Lipinski definition) is 5. The number of anilines is 2. The summed E-state index contributed by atoms with van der Waals surface area (Å²) >= 11 is 0. The Morgan fingerprint density at radius 1 is 1.47 bits per heavy atom. The molecule has 19 heavy (non-hydrogen) atoms. The summed E-state index contributed by atoms with van der Waals surface area (Å²) in [5.41, 5.74) is 11.6. The van der Waals surface area contributed by atoms with Crippen LogP contribution in [0, 0.1) is 0 Å². The lowest BCUT2D eigenvalue weighted by Crippen LogP contribution is -2.40. The van der Waals surface area contributed by atoms with Gasteiger partial charge in [-0.15, -0.1) is 0 Å². The zero-order valence-electron chi connectivity index (χ0n) is 11.1. The Morgan fingerprint density at radius 3 is 2.74 bits per heavy atom. The Morgan fingerprint density at radius 2 is 2.16 bits per heavy atom. The fraction of sp³-hybridized carbons (Fsp3) is 0.538. The Kier molecular flexibility index (Phi) is 4.09. The van der Waals surface area contributed by atoms with E-state index in [1.807, 2.05) is 4.90 Å². The lowest BCUT2D eigenvalue weighted by atomic mass is 10.2. The third kappa shape index (κ3) is 3.07. The van der Waals surface area contributed by atoms with Gasteiger partial charge >= 0.3 is 0 Å². The van der Waals surface area contributed by atoms with Gasteiger partial charge in [0, 0.05) is 6.04 Å². The molecule has 104 valence electrons. The predicted molar refractivity (Wildman–Crippen MR) is 74.0 cm³/mol. The topological polar surface area (TPSA) is 94.5 Å². The molecule has 0 atom stereocenters. The molecule has 0 bridgehead atoms. The van der Waals surface area contributed by atoms with E-state index in [0.29, 0.717) is 23.4 Å². The van der Waals surface area contributed by atoms with Crippen molar-refractivity contribution in [2.45, 2.75) is 31.7 Å². The number of hydrogen-bond donors (Lipinski definition) is 2. The van der Waals surface area contributed by atoms with E-state index in [-0.39, 0.29) is 12.5 Å². The fourth-order valence-corrected chi connectivity index (χ4v) is 2.55. The first-order valence-electron chi connectivity index (χ1n) is 6.47. The van der Waals surface area contributed by atoms with E-state index >= 15 is 0 Å². The third-order valence-corrected chi connectivity index (χ3v) is 3.45. The number of aromatic nitrogens is 1. The van der Waals surface area contributed by atoms with Crippen LogP contribution in [0.2, 0.25) is 0 Å². The van der Waals surface area contributed by atoms with Crippen LogP contribution in [0.3, 0.4) is 0 Å². The monoisotopic (exact) mass is 264 g/mol. The van der Waals surface area contributed by atoms with Crippen molar-refractivity contribution in [3.05, 3.63) is 12.1 Å².